The third kappa shape index (κ3) is 5.42. The zero-order chi connectivity index (χ0) is 19.9. The monoisotopic (exact) mass is 379 g/mol. The minimum Gasteiger partial charge on any atom is -0.356 e. The van der Waals surface area contributed by atoms with Gasteiger partial charge in [-0.2, -0.15) is 0 Å². The third-order valence-electron chi connectivity index (χ3n) is 4.93. The van der Waals surface area contributed by atoms with E-state index in [1.165, 1.54) is 5.56 Å². The van der Waals surface area contributed by atoms with Crippen LogP contribution in [0.5, 0.6) is 0 Å². The van der Waals surface area contributed by atoms with Crippen LogP contribution in [0.25, 0.3) is 11.0 Å². The molecule has 1 N–H and O–H groups in total. The van der Waals surface area contributed by atoms with E-state index >= 15 is 0 Å². The fraction of sp³-hybridized carbons (Fsp3) is 0.391. The van der Waals surface area contributed by atoms with Gasteiger partial charge in [-0.3, -0.25) is 9.69 Å². The summed E-state index contributed by atoms with van der Waals surface area (Å²) in [4.78, 5) is 14.7. The number of nitrogens with one attached hydrogen (secondary N) is 1. The molecule has 1 heterocycles. The topological polar surface area (TPSA) is 58.4 Å². The Balaban J connectivity index is 1.45. The number of benzene rings is 2. The Bertz CT molecular complexity index is 903. The second-order valence-electron chi connectivity index (χ2n) is 7.56. The summed E-state index contributed by atoms with van der Waals surface area (Å²) in [6.45, 7) is 8.96. The summed E-state index contributed by atoms with van der Waals surface area (Å²) in [6, 6.07) is 16.8. The number of aromatic nitrogens is 1. The molecule has 0 aliphatic rings. The molecule has 0 bridgehead atoms. The van der Waals surface area contributed by atoms with Crippen molar-refractivity contribution in [2.24, 2.45) is 0 Å². The van der Waals surface area contributed by atoms with Crippen molar-refractivity contribution in [3.05, 3.63) is 65.4 Å². The summed E-state index contributed by atoms with van der Waals surface area (Å²) >= 11 is 0. The lowest BCUT2D eigenvalue weighted by Crippen LogP contribution is -2.34. The van der Waals surface area contributed by atoms with Crippen LogP contribution in [-0.2, 0) is 17.8 Å². The van der Waals surface area contributed by atoms with Crippen molar-refractivity contribution in [2.45, 2.75) is 46.2 Å². The van der Waals surface area contributed by atoms with E-state index in [0.717, 1.165) is 36.0 Å². The van der Waals surface area contributed by atoms with Crippen molar-refractivity contribution >= 4 is 16.9 Å². The molecule has 0 atom stereocenters. The Morgan fingerprint density at radius 3 is 2.71 bits per heavy atom. The number of nitrogens with zero attached hydrogens (tertiary/aromatic N) is 2. The van der Waals surface area contributed by atoms with E-state index in [1.54, 1.807) is 0 Å². The van der Waals surface area contributed by atoms with Gasteiger partial charge in [-0.25, -0.2) is 0 Å². The molecular weight excluding hydrogens is 350 g/mol. The predicted molar refractivity (Wildman–Crippen MR) is 112 cm³/mol. The van der Waals surface area contributed by atoms with Crippen molar-refractivity contribution in [2.75, 3.05) is 13.1 Å². The first kappa shape index (κ1) is 20.1. The molecule has 1 aromatic heterocycles. The van der Waals surface area contributed by atoms with Crippen LogP contribution in [0, 0.1) is 6.92 Å². The fourth-order valence-corrected chi connectivity index (χ4v) is 3.29. The Hall–Kier alpha value is -2.66. The van der Waals surface area contributed by atoms with Gasteiger partial charge in [-0.15, -0.1) is 0 Å². The van der Waals surface area contributed by atoms with Crippen LogP contribution in [0.4, 0.5) is 0 Å². The molecule has 0 saturated carbocycles. The first-order valence-electron chi connectivity index (χ1n) is 9.92. The summed E-state index contributed by atoms with van der Waals surface area (Å²) in [5.41, 5.74) is 3.86. The van der Waals surface area contributed by atoms with Crippen molar-refractivity contribution in [1.29, 1.82) is 0 Å². The zero-order valence-electron chi connectivity index (χ0n) is 16.9. The number of amides is 1. The normalized spacial score (nSPS) is 11.5. The second-order valence-corrected chi connectivity index (χ2v) is 7.56. The summed E-state index contributed by atoms with van der Waals surface area (Å²) in [6.07, 6.45) is 1.16. The average molecular weight is 380 g/mol. The minimum absolute atomic E-state index is 0.0177. The van der Waals surface area contributed by atoms with Crippen molar-refractivity contribution in [3.63, 3.8) is 0 Å². The van der Waals surface area contributed by atoms with Gasteiger partial charge in [0.2, 0.25) is 5.91 Å². The number of hydrogen-bond acceptors (Lipinski definition) is 4. The Morgan fingerprint density at radius 1 is 1.18 bits per heavy atom. The van der Waals surface area contributed by atoms with E-state index in [-0.39, 0.29) is 12.3 Å². The lowest BCUT2D eigenvalue weighted by atomic mass is 10.1. The predicted octanol–water partition coefficient (Wildman–Crippen LogP) is 4.10. The van der Waals surface area contributed by atoms with Gasteiger partial charge in [-0.05, 0) is 44.9 Å². The summed E-state index contributed by atoms with van der Waals surface area (Å²) in [5, 5.41) is 7.99. The highest BCUT2D eigenvalue weighted by Crippen LogP contribution is 2.20. The molecule has 0 fully saturated rings. The van der Waals surface area contributed by atoms with Crippen LogP contribution in [-0.4, -0.2) is 35.1 Å². The van der Waals surface area contributed by atoms with Crippen LogP contribution in [0.3, 0.4) is 0 Å². The van der Waals surface area contributed by atoms with Gasteiger partial charge >= 0.3 is 0 Å². The first-order valence-corrected chi connectivity index (χ1v) is 9.92. The number of rotatable bonds is 9. The van der Waals surface area contributed by atoms with Gasteiger partial charge in [0.25, 0.3) is 0 Å². The average Bonchev–Trinajstić information content (AvgIpc) is 3.06. The molecule has 0 spiro atoms. The zero-order valence-corrected chi connectivity index (χ0v) is 16.9. The van der Waals surface area contributed by atoms with Gasteiger partial charge in [-0.1, -0.05) is 47.1 Å². The van der Waals surface area contributed by atoms with Gasteiger partial charge in [0, 0.05) is 31.1 Å². The number of carbonyl (C=O) groups excluding carboxylic acids is 1. The molecule has 5 heteroatoms. The van der Waals surface area contributed by atoms with E-state index in [9.17, 15) is 4.79 Å². The summed E-state index contributed by atoms with van der Waals surface area (Å²) in [7, 11) is 0. The number of hydrogen-bond donors (Lipinski definition) is 1. The maximum Gasteiger partial charge on any atom is 0.226 e. The second kappa shape index (κ2) is 9.51. The molecule has 0 aliphatic heterocycles. The van der Waals surface area contributed by atoms with E-state index in [1.807, 2.05) is 31.2 Å². The summed E-state index contributed by atoms with van der Waals surface area (Å²) in [5.74, 6) is -0.0177. The van der Waals surface area contributed by atoms with Gasteiger partial charge in [0.1, 0.15) is 5.69 Å². The van der Waals surface area contributed by atoms with E-state index in [4.69, 9.17) is 4.52 Å². The quantitative estimate of drug-likeness (QED) is 0.569. The molecule has 5 nitrogen and oxygen atoms in total. The lowest BCUT2D eigenvalue weighted by molar-refractivity contribution is -0.120. The Kier molecular flexibility index (Phi) is 6.82. The number of aryl methyl sites for hydroxylation is 1. The standard InChI is InChI=1S/C23H29N3O2/c1-17(2)26(16-19-8-5-4-6-9-19)13-7-12-24-23(27)15-21-20-14-18(3)10-11-22(20)28-25-21/h4-6,8-11,14,17H,7,12-13,15-16H2,1-3H3,(H,24,27). The molecule has 0 unspecified atom stereocenters. The van der Waals surface area contributed by atoms with Crippen LogP contribution in [0.15, 0.2) is 53.1 Å². The Labute approximate surface area is 166 Å². The van der Waals surface area contributed by atoms with Crippen LogP contribution in [0.2, 0.25) is 0 Å². The van der Waals surface area contributed by atoms with Gasteiger partial charge in [0.15, 0.2) is 5.58 Å². The van der Waals surface area contributed by atoms with Crippen LogP contribution >= 0.6 is 0 Å². The molecule has 0 saturated heterocycles. The van der Waals surface area contributed by atoms with Crippen LogP contribution in [0.1, 0.15) is 37.1 Å². The van der Waals surface area contributed by atoms with Gasteiger partial charge < -0.3 is 9.84 Å². The van der Waals surface area contributed by atoms with E-state index in [2.05, 4.69) is 53.5 Å². The molecule has 0 aliphatic carbocycles. The molecule has 3 aromatic rings. The summed E-state index contributed by atoms with van der Waals surface area (Å²) < 4.78 is 5.31. The number of carbonyl (C=O) groups is 1. The molecule has 0 radical (unpaired) electrons. The largest absolute Gasteiger partial charge is 0.356 e. The van der Waals surface area contributed by atoms with Crippen molar-refractivity contribution < 1.29 is 9.32 Å². The molecule has 1 amide bonds. The highest BCUT2D eigenvalue weighted by Gasteiger charge is 2.13. The third-order valence-corrected chi connectivity index (χ3v) is 4.93. The smallest absolute Gasteiger partial charge is 0.226 e. The lowest BCUT2D eigenvalue weighted by Gasteiger charge is -2.26. The molecule has 2 aromatic carbocycles. The van der Waals surface area contributed by atoms with Gasteiger partial charge in [0.05, 0.1) is 6.42 Å². The SMILES string of the molecule is Cc1ccc2onc(CC(=O)NCCCN(Cc3ccccc3)C(C)C)c2c1. The van der Waals surface area contributed by atoms with Crippen molar-refractivity contribution in [1.82, 2.24) is 15.4 Å². The van der Waals surface area contributed by atoms with Crippen LogP contribution < -0.4 is 5.32 Å². The number of fused-ring (bicyclic) bond motifs is 1. The first-order chi connectivity index (χ1) is 13.5. The maximum atomic E-state index is 12.3. The minimum atomic E-state index is -0.0177. The maximum absolute atomic E-state index is 12.3. The molecule has 3 rings (SSSR count). The molecular formula is C23H29N3O2. The molecule has 148 valence electrons. The molecule has 28 heavy (non-hydrogen) atoms. The van der Waals surface area contributed by atoms with E-state index < -0.39 is 0 Å². The highest BCUT2D eigenvalue weighted by atomic mass is 16.5. The van der Waals surface area contributed by atoms with Crippen molar-refractivity contribution in [3.8, 4) is 0 Å². The fourth-order valence-electron chi connectivity index (χ4n) is 3.29. The Morgan fingerprint density at radius 2 is 1.96 bits per heavy atom. The van der Waals surface area contributed by atoms with E-state index in [0.29, 0.717) is 18.3 Å². The highest BCUT2D eigenvalue weighted by molar-refractivity contribution is 5.86.